The zero-order chi connectivity index (χ0) is 14.6. The molecule has 1 spiro atoms. The molecule has 0 aromatic carbocycles. The van der Waals surface area contributed by atoms with Gasteiger partial charge in [0.2, 0.25) is 5.91 Å². The highest BCUT2D eigenvalue weighted by Crippen LogP contribution is 2.44. The number of carbonyl (C=O) groups excluding carboxylic acids is 1. The number of nitrogens with zero attached hydrogens (tertiary/aromatic N) is 2. The van der Waals surface area contributed by atoms with E-state index in [1.54, 1.807) is 0 Å². The molecule has 0 N–H and O–H groups in total. The van der Waals surface area contributed by atoms with Gasteiger partial charge in [-0.25, -0.2) is 0 Å². The van der Waals surface area contributed by atoms with E-state index >= 15 is 0 Å². The Morgan fingerprint density at radius 1 is 1.20 bits per heavy atom. The average molecular weight is 323 g/mol. The first-order chi connectivity index (χ1) is 9.24. The summed E-state index contributed by atoms with van der Waals surface area (Å²) in [7, 11) is 1.71. The standard InChI is InChI=1S/C12H19ClN2O4S/c1-11(2-3-11)15-9-12(19-8-10(15)16)4-6-14(7-5-12)20(13,17)18/h2-9H2,1H3. The van der Waals surface area contributed by atoms with Crippen molar-refractivity contribution in [3.63, 3.8) is 0 Å². The molecule has 0 unspecified atom stereocenters. The fourth-order valence-corrected chi connectivity index (χ4v) is 4.10. The molecule has 3 fully saturated rings. The van der Waals surface area contributed by atoms with E-state index in [2.05, 4.69) is 6.92 Å². The topological polar surface area (TPSA) is 66.9 Å². The second-order valence-electron chi connectivity index (χ2n) is 6.29. The molecule has 1 amide bonds. The average Bonchev–Trinajstić information content (AvgIpc) is 3.11. The number of piperidine rings is 1. The maximum atomic E-state index is 12.0. The molecule has 1 saturated carbocycles. The van der Waals surface area contributed by atoms with Crippen LogP contribution in [0.1, 0.15) is 32.6 Å². The van der Waals surface area contributed by atoms with Crippen LogP contribution in [0.2, 0.25) is 0 Å². The summed E-state index contributed by atoms with van der Waals surface area (Å²) in [5, 5.41) is 0. The summed E-state index contributed by atoms with van der Waals surface area (Å²) >= 11 is 0. The van der Waals surface area contributed by atoms with Gasteiger partial charge in [-0.3, -0.25) is 4.79 Å². The van der Waals surface area contributed by atoms with Crippen molar-refractivity contribution < 1.29 is 17.9 Å². The summed E-state index contributed by atoms with van der Waals surface area (Å²) < 4.78 is 29.7. The fraction of sp³-hybridized carbons (Fsp3) is 0.917. The lowest BCUT2D eigenvalue weighted by molar-refractivity contribution is -0.174. The number of halogens is 1. The van der Waals surface area contributed by atoms with Gasteiger partial charge >= 0.3 is 0 Å². The van der Waals surface area contributed by atoms with Gasteiger partial charge in [0, 0.05) is 29.3 Å². The van der Waals surface area contributed by atoms with Gasteiger partial charge in [0.1, 0.15) is 6.61 Å². The smallest absolute Gasteiger partial charge is 0.299 e. The number of hydrogen-bond donors (Lipinski definition) is 0. The molecule has 2 aliphatic heterocycles. The Hall–Kier alpha value is -0.370. The molecule has 2 heterocycles. The summed E-state index contributed by atoms with van der Waals surface area (Å²) in [6.07, 6.45) is 3.24. The number of morpholine rings is 1. The third-order valence-corrected chi connectivity index (χ3v) is 6.38. The summed E-state index contributed by atoms with van der Waals surface area (Å²) in [4.78, 5) is 13.9. The van der Waals surface area contributed by atoms with Gasteiger partial charge in [0.15, 0.2) is 0 Å². The first kappa shape index (κ1) is 14.6. The first-order valence-electron chi connectivity index (χ1n) is 6.88. The van der Waals surface area contributed by atoms with Gasteiger partial charge in [0.25, 0.3) is 9.24 Å². The Labute approximate surface area is 123 Å². The third kappa shape index (κ3) is 2.56. The van der Waals surface area contributed by atoms with E-state index in [1.165, 1.54) is 4.31 Å². The molecular formula is C12H19ClN2O4S. The van der Waals surface area contributed by atoms with Crippen molar-refractivity contribution in [2.75, 3.05) is 26.2 Å². The minimum atomic E-state index is -3.65. The van der Waals surface area contributed by atoms with Crippen molar-refractivity contribution in [2.45, 2.75) is 43.7 Å². The fourth-order valence-electron chi connectivity index (χ4n) is 3.07. The first-order valence-corrected chi connectivity index (χ1v) is 9.15. The molecule has 0 radical (unpaired) electrons. The molecule has 8 heteroatoms. The van der Waals surface area contributed by atoms with E-state index < -0.39 is 14.8 Å². The monoisotopic (exact) mass is 322 g/mol. The van der Waals surface area contributed by atoms with E-state index in [0.717, 1.165) is 12.8 Å². The Morgan fingerprint density at radius 2 is 1.80 bits per heavy atom. The molecule has 0 atom stereocenters. The van der Waals surface area contributed by atoms with Gasteiger partial charge in [0.05, 0.1) is 12.1 Å². The Balaban J connectivity index is 1.70. The number of hydrogen-bond acceptors (Lipinski definition) is 4. The summed E-state index contributed by atoms with van der Waals surface area (Å²) in [5.74, 6) is 0.0445. The Kier molecular flexibility index (Phi) is 3.32. The quantitative estimate of drug-likeness (QED) is 0.702. The summed E-state index contributed by atoms with van der Waals surface area (Å²) in [5.41, 5.74) is -0.416. The highest BCUT2D eigenvalue weighted by atomic mass is 35.7. The van der Waals surface area contributed by atoms with Crippen molar-refractivity contribution in [3.8, 4) is 0 Å². The number of rotatable bonds is 2. The van der Waals surface area contributed by atoms with Crippen LogP contribution in [-0.4, -0.2) is 60.9 Å². The number of ether oxygens (including phenoxy) is 1. The maximum Gasteiger partial charge on any atom is 0.299 e. The van der Waals surface area contributed by atoms with Crippen molar-refractivity contribution in [1.29, 1.82) is 0 Å². The minimum absolute atomic E-state index is 0.0104. The van der Waals surface area contributed by atoms with Crippen LogP contribution < -0.4 is 0 Å². The third-order valence-electron chi connectivity index (χ3n) is 4.82. The van der Waals surface area contributed by atoms with Crippen molar-refractivity contribution in [1.82, 2.24) is 9.21 Å². The Morgan fingerprint density at radius 3 is 2.30 bits per heavy atom. The van der Waals surface area contributed by atoms with Crippen LogP contribution in [0.25, 0.3) is 0 Å². The second kappa shape index (κ2) is 4.56. The second-order valence-corrected chi connectivity index (χ2v) is 8.80. The molecule has 114 valence electrons. The molecule has 20 heavy (non-hydrogen) atoms. The van der Waals surface area contributed by atoms with Gasteiger partial charge in [-0.1, -0.05) is 0 Å². The predicted octanol–water partition coefficient (Wildman–Crippen LogP) is 0.716. The summed E-state index contributed by atoms with van der Waals surface area (Å²) in [6.45, 7) is 3.47. The molecule has 1 aliphatic carbocycles. The maximum absolute atomic E-state index is 12.0. The van der Waals surface area contributed by atoms with Crippen molar-refractivity contribution >= 4 is 25.8 Å². The molecule has 6 nitrogen and oxygen atoms in total. The SMILES string of the molecule is CC1(N2CC3(CCN(S(=O)(=O)Cl)CC3)OCC2=O)CC1. The molecule has 2 saturated heterocycles. The zero-order valence-electron chi connectivity index (χ0n) is 11.5. The van der Waals surface area contributed by atoms with Crippen LogP contribution in [0.3, 0.4) is 0 Å². The van der Waals surface area contributed by atoms with E-state index in [-0.39, 0.29) is 18.1 Å². The van der Waals surface area contributed by atoms with Crippen LogP contribution >= 0.6 is 10.7 Å². The lowest BCUT2D eigenvalue weighted by atomic mass is 9.89. The minimum Gasteiger partial charge on any atom is -0.363 e. The van der Waals surface area contributed by atoms with Gasteiger partial charge in [-0.2, -0.15) is 12.7 Å². The number of carbonyl (C=O) groups is 1. The van der Waals surface area contributed by atoms with Gasteiger partial charge in [-0.15, -0.1) is 0 Å². The molecular weight excluding hydrogens is 304 g/mol. The highest BCUT2D eigenvalue weighted by molar-refractivity contribution is 8.11. The van der Waals surface area contributed by atoms with Crippen LogP contribution in [0.15, 0.2) is 0 Å². The van der Waals surface area contributed by atoms with E-state index in [0.29, 0.717) is 32.5 Å². The molecule has 3 aliphatic rings. The van der Waals surface area contributed by atoms with Crippen LogP contribution in [-0.2, 0) is 18.8 Å². The number of amides is 1. The van der Waals surface area contributed by atoms with E-state index in [9.17, 15) is 13.2 Å². The molecule has 0 aromatic rings. The Bertz CT molecular complexity index is 524. The predicted molar refractivity (Wildman–Crippen MR) is 73.6 cm³/mol. The van der Waals surface area contributed by atoms with Crippen LogP contribution in [0.4, 0.5) is 0 Å². The van der Waals surface area contributed by atoms with E-state index in [4.69, 9.17) is 15.4 Å². The highest BCUT2D eigenvalue weighted by Gasteiger charge is 2.52. The van der Waals surface area contributed by atoms with Gasteiger partial charge in [-0.05, 0) is 32.6 Å². The molecule has 0 aromatic heterocycles. The van der Waals surface area contributed by atoms with Crippen molar-refractivity contribution in [3.05, 3.63) is 0 Å². The van der Waals surface area contributed by atoms with Crippen LogP contribution in [0, 0.1) is 0 Å². The van der Waals surface area contributed by atoms with Crippen LogP contribution in [0.5, 0.6) is 0 Å². The normalized spacial score (nSPS) is 29.7. The molecule has 0 bridgehead atoms. The lowest BCUT2D eigenvalue weighted by Crippen LogP contribution is -2.61. The zero-order valence-corrected chi connectivity index (χ0v) is 13.0. The largest absolute Gasteiger partial charge is 0.363 e. The lowest BCUT2D eigenvalue weighted by Gasteiger charge is -2.48. The van der Waals surface area contributed by atoms with Gasteiger partial charge < -0.3 is 9.64 Å². The summed E-state index contributed by atoms with van der Waals surface area (Å²) in [6, 6.07) is 0. The van der Waals surface area contributed by atoms with E-state index in [1.807, 2.05) is 4.90 Å². The van der Waals surface area contributed by atoms with Crippen molar-refractivity contribution in [2.24, 2.45) is 0 Å². The molecule has 3 rings (SSSR count).